The molecule has 0 saturated carbocycles. The average molecular weight is 271 g/mol. The zero-order valence-corrected chi connectivity index (χ0v) is 12.1. The minimum Gasteiger partial charge on any atom is -0.380 e. The molecule has 19 heavy (non-hydrogen) atoms. The Morgan fingerprint density at radius 3 is 1.58 bits per heavy atom. The van der Waals surface area contributed by atoms with Gasteiger partial charge in [0.25, 0.3) is 0 Å². The summed E-state index contributed by atoms with van der Waals surface area (Å²) in [6.45, 7) is 11.4. The Balaban J connectivity index is 1.77. The number of hydrogen-bond donors (Lipinski definition) is 5. The minimum atomic E-state index is -0.187. The third kappa shape index (κ3) is 4.98. The van der Waals surface area contributed by atoms with Crippen LogP contribution in [-0.2, 0) is 4.74 Å². The topological polar surface area (TPSA) is 83.4 Å². The van der Waals surface area contributed by atoms with Crippen molar-refractivity contribution >= 4 is 0 Å². The molecule has 2 fully saturated rings. The van der Waals surface area contributed by atoms with Crippen molar-refractivity contribution < 1.29 is 4.74 Å². The van der Waals surface area contributed by atoms with Crippen molar-refractivity contribution in [3.05, 3.63) is 0 Å². The van der Waals surface area contributed by atoms with Crippen LogP contribution in [-0.4, -0.2) is 71.1 Å². The molecule has 0 radical (unpaired) electrons. The number of hydrogen-bond acceptors (Lipinski definition) is 6. The summed E-state index contributed by atoms with van der Waals surface area (Å²) < 4.78 is 5.38. The Hall–Kier alpha value is -0.240. The van der Waals surface area contributed by atoms with Crippen LogP contribution in [0.15, 0.2) is 0 Å². The summed E-state index contributed by atoms with van der Waals surface area (Å²) in [5.41, 5.74) is 6.33. The van der Waals surface area contributed by atoms with E-state index in [2.05, 4.69) is 28.2 Å². The summed E-state index contributed by atoms with van der Waals surface area (Å²) in [5.74, 6) is 0. The highest BCUT2D eigenvalue weighted by Crippen LogP contribution is 2.25. The fourth-order valence-electron chi connectivity index (χ4n) is 2.53. The molecule has 2 heterocycles. The van der Waals surface area contributed by atoms with E-state index in [1.165, 1.54) is 0 Å². The lowest BCUT2D eigenvalue weighted by atomic mass is 9.85. The van der Waals surface area contributed by atoms with E-state index >= 15 is 0 Å². The molecule has 0 aliphatic carbocycles. The zero-order valence-electron chi connectivity index (χ0n) is 12.1. The van der Waals surface area contributed by atoms with Gasteiger partial charge in [0.1, 0.15) is 0 Å². The van der Waals surface area contributed by atoms with Crippen LogP contribution in [0, 0.1) is 5.41 Å². The number of ether oxygens (including phenoxy) is 1. The lowest BCUT2D eigenvalue weighted by molar-refractivity contribution is -0.108. The summed E-state index contributed by atoms with van der Waals surface area (Å²) in [6.07, 6.45) is 0. The summed E-state index contributed by atoms with van der Waals surface area (Å²) >= 11 is 0. The Bertz CT molecular complexity index is 248. The molecular weight excluding hydrogens is 242 g/mol. The fourth-order valence-corrected chi connectivity index (χ4v) is 2.53. The van der Waals surface area contributed by atoms with Gasteiger partial charge in [0.15, 0.2) is 0 Å². The summed E-state index contributed by atoms with van der Waals surface area (Å²) in [5, 5.41) is 13.9. The van der Waals surface area contributed by atoms with Crippen molar-refractivity contribution in [3.8, 4) is 0 Å². The first-order valence-corrected chi connectivity index (χ1v) is 7.32. The first kappa shape index (κ1) is 15.2. The molecule has 0 aromatic heterocycles. The van der Waals surface area contributed by atoms with Crippen LogP contribution in [0.25, 0.3) is 0 Å². The third-order valence-electron chi connectivity index (χ3n) is 3.83. The molecular formula is C13H29N5O. The van der Waals surface area contributed by atoms with E-state index in [1.54, 1.807) is 0 Å². The quantitative estimate of drug-likeness (QED) is 0.354. The van der Waals surface area contributed by atoms with Gasteiger partial charge in [0, 0.05) is 63.3 Å². The number of rotatable bonds is 0. The second-order valence-electron chi connectivity index (χ2n) is 6.35. The van der Waals surface area contributed by atoms with Crippen LogP contribution < -0.4 is 27.0 Å². The van der Waals surface area contributed by atoms with Crippen molar-refractivity contribution in [2.24, 2.45) is 11.1 Å². The van der Waals surface area contributed by atoms with Crippen LogP contribution >= 0.6 is 0 Å². The lowest BCUT2D eigenvalue weighted by Crippen LogP contribution is -2.58. The van der Waals surface area contributed by atoms with Gasteiger partial charge in [-0.05, 0) is 6.92 Å². The molecule has 2 aliphatic rings. The van der Waals surface area contributed by atoms with Gasteiger partial charge < -0.3 is 31.7 Å². The Labute approximate surface area is 116 Å². The van der Waals surface area contributed by atoms with Gasteiger partial charge in [0.05, 0.1) is 13.2 Å². The highest BCUT2D eigenvalue weighted by molar-refractivity contribution is 4.90. The SMILES string of the molecule is CC1(N)CNCCNCC2(CNCCNC1)COC2. The van der Waals surface area contributed by atoms with E-state index < -0.39 is 0 Å². The van der Waals surface area contributed by atoms with Crippen LogP contribution in [0.4, 0.5) is 0 Å². The van der Waals surface area contributed by atoms with Crippen LogP contribution in [0.3, 0.4) is 0 Å². The molecule has 6 N–H and O–H groups in total. The van der Waals surface area contributed by atoms with Crippen molar-refractivity contribution in [1.29, 1.82) is 0 Å². The van der Waals surface area contributed by atoms with Crippen molar-refractivity contribution in [1.82, 2.24) is 21.3 Å². The van der Waals surface area contributed by atoms with E-state index in [0.717, 1.165) is 65.6 Å². The molecule has 0 aromatic carbocycles. The number of nitrogens with two attached hydrogens (primary N) is 1. The Morgan fingerprint density at radius 1 is 0.789 bits per heavy atom. The van der Waals surface area contributed by atoms with Gasteiger partial charge in [-0.25, -0.2) is 0 Å². The van der Waals surface area contributed by atoms with Gasteiger partial charge in [-0.1, -0.05) is 0 Å². The molecule has 0 unspecified atom stereocenters. The normalized spacial score (nSPS) is 29.4. The molecule has 6 nitrogen and oxygen atoms in total. The Morgan fingerprint density at radius 2 is 1.21 bits per heavy atom. The molecule has 0 amide bonds. The van der Waals surface area contributed by atoms with E-state index in [4.69, 9.17) is 10.5 Å². The van der Waals surface area contributed by atoms with Crippen molar-refractivity contribution in [3.63, 3.8) is 0 Å². The van der Waals surface area contributed by atoms with Gasteiger partial charge in [0.2, 0.25) is 0 Å². The van der Waals surface area contributed by atoms with Gasteiger partial charge in [-0.2, -0.15) is 0 Å². The maximum absolute atomic E-state index is 6.22. The second kappa shape index (κ2) is 6.97. The first-order valence-electron chi connectivity index (χ1n) is 7.32. The predicted molar refractivity (Wildman–Crippen MR) is 77.3 cm³/mol. The van der Waals surface area contributed by atoms with Crippen molar-refractivity contribution in [2.45, 2.75) is 12.5 Å². The van der Waals surface area contributed by atoms with Crippen molar-refractivity contribution in [2.75, 3.05) is 65.6 Å². The van der Waals surface area contributed by atoms with E-state index in [1.807, 2.05) is 0 Å². The Kier molecular flexibility index (Phi) is 5.56. The second-order valence-corrected chi connectivity index (χ2v) is 6.35. The molecule has 112 valence electrons. The van der Waals surface area contributed by atoms with Crippen LogP contribution in [0.5, 0.6) is 0 Å². The standard InChI is InChI=1S/C13H29N5O/c1-12(14)6-15-2-4-17-8-13(10-19-11-13)9-18-5-3-16-7-12/h15-18H,2-11,14H2,1H3. The summed E-state index contributed by atoms with van der Waals surface area (Å²) in [4.78, 5) is 0. The van der Waals surface area contributed by atoms with Gasteiger partial charge in [-0.15, -0.1) is 0 Å². The van der Waals surface area contributed by atoms with Gasteiger partial charge in [-0.3, -0.25) is 0 Å². The molecule has 1 spiro atoms. The molecule has 0 atom stereocenters. The van der Waals surface area contributed by atoms with E-state index in [0.29, 0.717) is 5.41 Å². The van der Waals surface area contributed by atoms with Gasteiger partial charge >= 0.3 is 0 Å². The van der Waals surface area contributed by atoms with Crippen LogP contribution in [0.2, 0.25) is 0 Å². The minimum absolute atomic E-state index is 0.187. The molecule has 2 rings (SSSR count). The first-order chi connectivity index (χ1) is 9.12. The number of nitrogens with one attached hydrogen (secondary N) is 4. The summed E-state index contributed by atoms with van der Waals surface area (Å²) in [6, 6.07) is 0. The smallest absolute Gasteiger partial charge is 0.0569 e. The predicted octanol–water partition coefficient (Wildman–Crippen LogP) is -1.91. The molecule has 0 aromatic rings. The van der Waals surface area contributed by atoms with Crippen LogP contribution in [0.1, 0.15) is 6.92 Å². The highest BCUT2D eigenvalue weighted by Gasteiger charge is 2.37. The lowest BCUT2D eigenvalue weighted by Gasteiger charge is -2.42. The molecule has 2 saturated heterocycles. The highest BCUT2D eigenvalue weighted by atomic mass is 16.5. The maximum atomic E-state index is 6.22. The fraction of sp³-hybridized carbons (Fsp3) is 1.00. The molecule has 2 aliphatic heterocycles. The third-order valence-corrected chi connectivity index (χ3v) is 3.83. The summed E-state index contributed by atoms with van der Waals surface area (Å²) in [7, 11) is 0. The maximum Gasteiger partial charge on any atom is 0.0569 e. The monoisotopic (exact) mass is 271 g/mol. The molecule has 0 bridgehead atoms. The zero-order chi connectivity index (χ0) is 13.6. The largest absolute Gasteiger partial charge is 0.380 e. The van der Waals surface area contributed by atoms with E-state index in [-0.39, 0.29) is 5.54 Å². The molecule has 6 heteroatoms. The average Bonchev–Trinajstić information content (AvgIpc) is 2.32. The van der Waals surface area contributed by atoms with E-state index in [9.17, 15) is 0 Å².